The first-order valence-electron chi connectivity index (χ1n) is 4.10. The van der Waals surface area contributed by atoms with E-state index in [1.54, 1.807) is 6.20 Å². The minimum Gasteiger partial charge on any atom is -0.396 e. The molecule has 0 bridgehead atoms. The second kappa shape index (κ2) is 3.58. The van der Waals surface area contributed by atoms with E-state index in [1.165, 1.54) is 0 Å². The smallest absolute Gasteiger partial charge is 0.0753 e. The molecular formula is C8H16N4. The standard InChI is InChI=1S/C8H16N4/c1-4-12-8(6-11(2)3)7(9)5-10-12/h5H,4,6,9H2,1-3H3. The van der Waals surface area contributed by atoms with Gasteiger partial charge in [0.1, 0.15) is 0 Å². The van der Waals surface area contributed by atoms with Crippen LogP contribution in [0, 0.1) is 0 Å². The molecular weight excluding hydrogens is 152 g/mol. The lowest BCUT2D eigenvalue weighted by atomic mass is 10.3. The van der Waals surface area contributed by atoms with Crippen molar-refractivity contribution < 1.29 is 0 Å². The number of aryl methyl sites for hydroxylation is 1. The highest BCUT2D eigenvalue weighted by molar-refractivity contribution is 5.40. The molecule has 0 aromatic carbocycles. The summed E-state index contributed by atoms with van der Waals surface area (Å²) in [5.41, 5.74) is 7.64. The Morgan fingerprint density at radius 3 is 2.75 bits per heavy atom. The maximum Gasteiger partial charge on any atom is 0.0753 e. The molecule has 0 saturated heterocycles. The summed E-state index contributed by atoms with van der Waals surface area (Å²) in [5.74, 6) is 0. The van der Waals surface area contributed by atoms with Gasteiger partial charge in [0.05, 0.1) is 17.6 Å². The number of rotatable bonds is 3. The van der Waals surface area contributed by atoms with Crippen molar-refractivity contribution in [3.05, 3.63) is 11.9 Å². The van der Waals surface area contributed by atoms with Crippen LogP contribution < -0.4 is 5.73 Å². The summed E-state index contributed by atoms with van der Waals surface area (Å²) in [4.78, 5) is 2.08. The molecule has 0 aliphatic heterocycles. The Morgan fingerprint density at radius 2 is 2.25 bits per heavy atom. The van der Waals surface area contributed by atoms with Gasteiger partial charge in [-0.05, 0) is 21.0 Å². The van der Waals surface area contributed by atoms with Gasteiger partial charge in [-0.3, -0.25) is 4.68 Å². The molecule has 1 heterocycles. The maximum absolute atomic E-state index is 5.76. The number of hydrogen-bond acceptors (Lipinski definition) is 3. The van der Waals surface area contributed by atoms with Gasteiger partial charge in [-0.2, -0.15) is 5.10 Å². The SMILES string of the molecule is CCn1ncc(N)c1CN(C)C. The van der Waals surface area contributed by atoms with Gasteiger partial charge in [-0.25, -0.2) is 0 Å². The molecule has 0 atom stereocenters. The Labute approximate surface area is 73.0 Å². The lowest BCUT2D eigenvalue weighted by molar-refractivity contribution is 0.384. The third-order valence-electron chi connectivity index (χ3n) is 1.75. The molecule has 0 spiro atoms. The largest absolute Gasteiger partial charge is 0.396 e. The molecule has 1 aromatic heterocycles. The van der Waals surface area contributed by atoms with E-state index in [0.717, 1.165) is 24.5 Å². The summed E-state index contributed by atoms with van der Waals surface area (Å²) in [6.45, 7) is 3.78. The quantitative estimate of drug-likeness (QED) is 0.717. The van der Waals surface area contributed by atoms with Crippen molar-refractivity contribution in [2.24, 2.45) is 0 Å². The van der Waals surface area contributed by atoms with Crippen molar-refractivity contribution in [1.82, 2.24) is 14.7 Å². The fraction of sp³-hybridized carbons (Fsp3) is 0.625. The van der Waals surface area contributed by atoms with Crippen molar-refractivity contribution in [3.63, 3.8) is 0 Å². The first-order valence-corrected chi connectivity index (χ1v) is 4.10. The molecule has 0 radical (unpaired) electrons. The number of nitrogens with two attached hydrogens (primary N) is 1. The van der Waals surface area contributed by atoms with E-state index < -0.39 is 0 Å². The van der Waals surface area contributed by atoms with Crippen LogP contribution in [0.2, 0.25) is 0 Å². The summed E-state index contributed by atoms with van der Waals surface area (Å²) in [7, 11) is 4.04. The van der Waals surface area contributed by atoms with Gasteiger partial charge in [0, 0.05) is 13.1 Å². The number of aromatic nitrogens is 2. The van der Waals surface area contributed by atoms with Crippen LogP contribution in [0.5, 0.6) is 0 Å². The molecule has 0 amide bonds. The topological polar surface area (TPSA) is 47.1 Å². The van der Waals surface area contributed by atoms with Crippen LogP contribution in [-0.2, 0) is 13.1 Å². The Kier molecular flexibility index (Phi) is 2.70. The average Bonchev–Trinajstić information content (AvgIpc) is 2.32. The summed E-state index contributed by atoms with van der Waals surface area (Å²) in [6, 6.07) is 0. The molecule has 1 rings (SSSR count). The van der Waals surface area contributed by atoms with E-state index >= 15 is 0 Å². The van der Waals surface area contributed by atoms with Crippen LogP contribution in [0.15, 0.2) is 6.20 Å². The second-order valence-electron chi connectivity index (χ2n) is 3.10. The Bertz CT molecular complexity index is 252. The second-order valence-corrected chi connectivity index (χ2v) is 3.10. The van der Waals surface area contributed by atoms with Crippen LogP contribution in [0.4, 0.5) is 5.69 Å². The van der Waals surface area contributed by atoms with E-state index in [9.17, 15) is 0 Å². The summed E-state index contributed by atoms with van der Waals surface area (Å²) < 4.78 is 1.93. The predicted molar refractivity (Wildman–Crippen MR) is 49.7 cm³/mol. The van der Waals surface area contributed by atoms with Crippen LogP contribution >= 0.6 is 0 Å². The lowest BCUT2D eigenvalue weighted by Gasteiger charge is -2.11. The first kappa shape index (κ1) is 9.06. The highest BCUT2D eigenvalue weighted by atomic mass is 15.3. The highest BCUT2D eigenvalue weighted by Gasteiger charge is 2.06. The van der Waals surface area contributed by atoms with E-state index in [-0.39, 0.29) is 0 Å². The van der Waals surface area contributed by atoms with Crippen molar-refractivity contribution in [1.29, 1.82) is 0 Å². The Balaban J connectivity index is 2.86. The molecule has 1 aromatic rings. The number of nitrogens with zero attached hydrogens (tertiary/aromatic N) is 3. The average molecular weight is 168 g/mol. The minimum absolute atomic E-state index is 0.783. The molecule has 2 N–H and O–H groups in total. The third kappa shape index (κ3) is 1.76. The van der Waals surface area contributed by atoms with Gasteiger partial charge < -0.3 is 10.6 Å². The van der Waals surface area contributed by atoms with Crippen molar-refractivity contribution in [2.45, 2.75) is 20.0 Å². The van der Waals surface area contributed by atoms with Crippen LogP contribution in [0.1, 0.15) is 12.6 Å². The predicted octanol–water partition coefficient (Wildman–Crippen LogP) is 0.547. The zero-order valence-electron chi connectivity index (χ0n) is 7.91. The minimum atomic E-state index is 0.783. The molecule has 12 heavy (non-hydrogen) atoms. The molecule has 4 heteroatoms. The summed E-state index contributed by atoms with van der Waals surface area (Å²) >= 11 is 0. The van der Waals surface area contributed by atoms with Gasteiger partial charge in [0.15, 0.2) is 0 Å². The number of hydrogen-bond donors (Lipinski definition) is 1. The molecule has 0 fully saturated rings. The molecule has 0 aliphatic carbocycles. The molecule has 4 nitrogen and oxygen atoms in total. The van der Waals surface area contributed by atoms with Gasteiger partial charge in [0.25, 0.3) is 0 Å². The fourth-order valence-corrected chi connectivity index (χ4v) is 1.17. The van der Waals surface area contributed by atoms with Gasteiger partial charge in [0.2, 0.25) is 0 Å². The molecule has 0 aliphatic rings. The van der Waals surface area contributed by atoms with E-state index in [1.807, 2.05) is 18.8 Å². The van der Waals surface area contributed by atoms with Gasteiger partial charge in [-0.15, -0.1) is 0 Å². The zero-order chi connectivity index (χ0) is 9.14. The van der Waals surface area contributed by atoms with Crippen molar-refractivity contribution in [2.75, 3.05) is 19.8 Å². The molecule has 68 valence electrons. The van der Waals surface area contributed by atoms with E-state index in [0.29, 0.717) is 0 Å². The number of anilines is 1. The van der Waals surface area contributed by atoms with Gasteiger partial charge in [-0.1, -0.05) is 0 Å². The van der Waals surface area contributed by atoms with Crippen LogP contribution in [0.3, 0.4) is 0 Å². The van der Waals surface area contributed by atoms with E-state index in [4.69, 9.17) is 5.73 Å². The van der Waals surface area contributed by atoms with E-state index in [2.05, 4.69) is 16.9 Å². The lowest BCUT2D eigenvalue weighted by Crippen LogP contribution is -2.16. The van der Waals surface area contributed by atoms with Crippen molar-refractivity contribution >= 4 is 5.69 Å². The first-order chi connectivity index (χ1) is 5.65. The Hall–Kier alpha value is -1.03. The normalized spacial score (nSPS) is 11.0. The summed E-state index contributed by atoms with van der Waals surface area (Å²) in [6.07, 6.45) is 1.71. The Morgan fingerprint density at radius 1 is 1.58 bits per heavy atom. The van der Waals surface area contributed by atoms with Crippen LogP contribution in [-0.4, -0.2) is 28.8 Å². The van der Waals surface area contributed by atoms with Crippen molar-refractivity contribution in [3.8, 4) is 0 Å². The molecule has 0 saturated carbocycles. The highest BCUT2D eigenvalue weighted by Crippen LogP contribution is 2.11. The number of nitrogen functional groups attached to an aromatic ring is 1. The molecule has 0 unspecified atom stereocenters. The van der Waals surface area contributed by atoms with Gasteiger partial charge >= 0.3 is 0 Å². The zero-order valence-corrected chi connectivity index (χ0v) is 7.91. The maximum atomic E-state index is 5.76. The third-order valence-corrected chi connectivity index (χ3v) is 1.75. The van der Waals surface area contributed by atoms with Crippen LogP contribution in [0.25, 0.3) is 0 Å². The summed E-state index contributed by atoms with van der Waals surface area (Å²) in [5, 5.41) is 4.15. The monoisotopic (exact) mass is 168 g/mol. The fourth-order valence-electron chi connectivity index (χ4n) is 1.17.